The van der Waals surface area contributed by atoms with E-state index in [0.717, 1.165) is 21.0 Å². The lowest BCUT2D eigenvalue weighted by molar-refractivity contribution is 0.101. The number of nitrogens with two attached hydrogens (primary N) is 1. The second-order valence-electron chi connectivity index (χ2n) is 3.46. The first-order valence-electron chi connectivity index (χ1n) is 4.97. The highest BCUT2D eigenvalue weighted by Crippen LogP contribution is 2.26. The minimum absolute atomic E-state index is 0.0745. The highest BCUT2D eigenvalue weighted by Gasteiger charge is 2.05. The molecule has 3 nitrogen and oxygen atoms in total. The molecule has 0 radical (unpaired) electrons. The first-order chi connectivity index (χ1) is 7.70. The minimum Gasteiger partial charge on any atom is -0.325 e. The fourth-order valence-electron chi connectivity index (χ4n) is 1.43. The summed E-state index contributed by atoms with van der Waals surface area (Å²) in [5.74, 6) is 0.0745. The third-order valence-corrected chi connectivity index (χ3v) is 3.35. The summed E-state index contributed by atoms with van der Waals surface area (Å²) in [5.41, 5.74) is 7.25. The summed E-state index contributed by atoms with van der Waals surface area (Å²) < 4.78 is 0. The average molecular weight is 232 g/mol. The molecule has 82 valence electrons. The Kier molecular flexibility index (Phi) is 3.12. The minimum atomic E-state index is 0.0745. The van der Waals surface area contributed by atoms with Gasteiger partial charge in [0.05, 0.1) is 4.88 Å². The van der Waals surface area contributed by atoms with Crippen LogP contribution >= 0.6 is 11.3 Å². The van der Waals surface area contributed by atoms with Gasteiger partial charge in [0.1, 0.15) is 5.01 Å². The average Bonchev–Trinajstić information content (AvgIpc) is 2.77. The highest BCUT2D eigenvalue weighted by molar-refractivity contribution is 7.15. The first-order valence-corrected chi connectivity index (χ1v) is 5.78. The van der Waals surface area contributed by atoms with E-state index in [4.69, 9.17) is 5.73 Å². The summed E-state index contributed by atoms with van der Waals surface area (Å²) in [4.78, 5) is 16.5. The lowest BCUT2D eigenvalue weighted by atomic mass is 10.1. The molecular formula is C12H12N2OS. The molecule has 0 atom stereocenters. The van der Waals surface area contributed by atoms with Crippen molar-refractivity contribution in [2.24, 2.45) is 5.73 Å². The van der Waals surface area contributed by atoms with Crippen LogP contribution in [0.2, 0.25) is 0 Å². The summed E-state index contributed by atoms with van der Waals surface area (Å²) in [5, 5.41) is 0.906. The Morgan fingerprint density at radius 3 is 2.94 bits per heavy atom. The fraction of sp³-hybridized carbons (Fsp3) is 0.167. The molecule has 0 aliphatic heterocycles. The maximum absolute atomic E-state index is 11.3. The van der Waals surface area contributed by atoms with Gasteiger partial charge in [-0.2, -0.15) is 0 Å². The van der Waals surface area contributed by atoms with Crippen LogP contribution in [-0.4, -0.2) is 10.8 Å². The van der Waals surface area contributed by atoms with Crippen molar-refractivity contribution in [3.8, 4) is 10.4 Å². The Hall–Kier alpha value is -1.52. The normalized spacial score (nSPS) is 10.4. The molecule has 0 aliphatic carbocycles. The van der Waals surface area contributed by atoms with Crippen molar-refractivity contribution in [2.45, 2.75) is 13.5 Å². The van der Waals surface area contributed by atoms with Crippen molar-refractivity contribution in [3.63, 3.8) is 0 Å². The lowest BCUT2D eigenvalue weighted by Gasteiger charge is -1.99. The zero-order chi connectivity index (χ0) is 11.5. The van der Waals surface area contributed by atoms with Gasteiger partial charge in [-0.3, -0.25) is 4.79 Å². The van der Waals surface area contributed by atoms with Crippen LogP contribution in [0.1, 0.15) is 22.3 Å². The maximum atomic E-state index is 11.3. The van der Waals surface area contributed by atoms with Gasteiger partial charge in [0, 0.05) is 18.3 Å². The Morgan fingerprint density at radius 2 is 2.31 bits per heavy atom. The van der Waals surface area contributed by atoms with E-state index in [1.165, 1.54) is 0 Å². The Labute approximate surface area is 97.9 Å². The second kappa shape index (κ2) is 4.55. The molecule has 0 saturated carbocycles. The molecule has 0 amide bonds. The molecule has 2 N–H and O–H groups in total. The number of carbonyl (C=O) groups is 1. The molecule has 0 unspecified atom stereocenters. The van der Waals surface area contributed by atoms with Crippen LogP contribution < -0.4 is 5.73 Å². The van der Waals surface area contributed by atoms with Crippen molar-refractivity contribution in [3.05, 3.63) is 41.0 Å². The fourth-order valence-corrected chi connectivity index (χ4v) is 2.22. The summed E-state index contributed by atoms with van der Waals surface area (Å²) >= 11 is 1.56. The molecule has 0 saturated heterocycles. The largest absolute Gasteiger partial charge is 0.325 e. The van der Waals surface area contributed by atoms with E-state index in [0.29, 0.717) is 6.54 Å². The van der Waals surface area contributed by atoms with Crippen LogP contribution in [-0.2, 0) is 6.54 Å². The van der Waals surface area contributed by atoms with E-state index in [2.05, 4.69) is 4.98 Å². The van der Waals surface area contributed by atoms with Gasteiger partial charge in [0.2, 0.25) is 0 Å². The molecule has 16 heavy (non-hydrogen) atoms. The number of carbonyl (C=O) groups excluding carboxylic acids is 1. The van der Waals surface area contributed by atoms with Crippen molar-refractivity contribution in [2.75, 3.05) is 0 Å². The molecule has 1 heterocycles. The van der Waals surface area contributed by atoms with E-state index in [9.17, 15) is 4.79 Å². The molecule has 2 rings (SSSR count). The summed E-state index contributed by atoms with van der Waals surface area (Å²) in [6.45, 7) is 2.02. The molecule has 0 spiro atoms. The van der Waals surface area contributed by atoms with Gasteiger partial charge in [0.15, 0.2) is 5.78 Å². The van der Waals surface area contributed by atoms with Crippen LogP contribution in [0.4, 0.5) is 0 Å². The quantitative estimate of drug-likeness (QED) is 0.827. The molecule has 0 aliphatic rings. The van der Waals surface area contributed by atoms with Crippen LogP contribution in [0.3, 0.4) is 0 Å². The van der Waals surface area contributed by atoms with Crippen LogP contribution in [0.15, 0.2) is 30.5 Å². The number of thiazole rings is 1. The summed E-state index contributed by atoms with van der Waals surface area (Å²) in [7, 11) is 0. The monoisotopic (exact) mass is 232 g/mol. The van der Waals surface area contributed by atoms with E-state index in [-0.39, 0.29) is 5.78 Å². The van der Waals surface area contributed by atoms with Crippen molar-refractivity contribution < 1.29 is 4.79 Å². The number of benzene rings is 1. The second-order valence-corrected chi connectivity index (χ2v) is 4.57. The number of aromatic nitrogens is 1. The number of rotatable bonds is 3. The third kappa shape index (κ3) is 2.18. The molecule has 0 fully saturated rings. The Morgan fingerprint density at radius 1 is 1.50 bits per heavy atom. The molecule has 1 aromatic heterocycles. The van der Waals surface area contributed by atoms with Crippen LogP contribution in [0.5, 0.6) is 0 Å². The predicted octanol–water partition coefficient (Wildman–Crippen LogP) is 2.47. The number of Topliss-reactive ketones (excluding diaryl/α,β-unsaturated/α-hetero) is 1. The van der Waals surface area contributed by atoms with Gasteiger partial charge >= 0.3 is 0 Å². The number of ketones is 1. The van der Waals surface area contributed by atoms with Crippen molar-refractivity contribution in [1.82, 2.24) is 4.98 Å². The molecule has 2 aromatic rings. The standard InChI is InChI=1S/C12H12N2OS/c1-8(15)9-3-2-4-10(5-9)11-7-14-12(6-13)16-11/h2-5,7H,6,13H2,1H3. The van der Waals surface area contributed by atoms with E-state index < -0.39 is 0 Å². The number of hydrogen-bond donors (Lipinski definition) is 1. The zero-order valence-corrected chi connectivity index (χ0v) is 9.75. The SMILES string of the molecule is CC(=O)c1cccc(-c2cnc(CN)s2)c1. The molecular weight excluding hydrogens is 220 g/mol. The molecule has 0 bridgehead atoms. The van der Waals surface area contributed by atoms with E-state index in [1.54, 1.807) is 24.5 Å². The number of nitrogens with zero attached hydrogens (tertiary/aromatic N) is 1. The van der Waals surface area contributed by atoms with Gasteiger partial charge in [-0.1, -0.05) is 18.2 Å². The maximum Gasteiger partial charge on any atom is 0.159 e. The van der Waals surface area contributed by atoms with Gasteiger partial charge in [-0.05, 0) is 18.6 Å². The predicted molar refractivity (Wildman–Crippen MR) is 65.4 cm³/mol. The van der Waals surface area contributed by atoms with Crippen LogP contribution in [0.25, 0.3) is 10.4 Å². The van der Waals surface area contributed by atoms with Gasteiger partial charge in [-0.25, -0.2) is 4.98 Å². The van der Waals surface area contributed by atoms with E-state index in [1.807, 2.05) is 24.3 Å². The summed E-state index contributed by atoms with van der Waals surface area (Å²) in [6.07, 6.45) is 1.80. The van der Waals surface area contributed by atoms with Crippen molar-refractivity contribution >= 4 is 17.1 Å². The topological polar surface area (TPSA) is 56.0 Å². The molecule has 1 aromatic carbocycles. The Bertz CT molecular complexity index is 519. The third-order valence-electron chi connectivity index (χ3n) is 2.28. The zero-order valence-electron chi connectivity index (χ0n) is 8.93. The van der Waals surface area contributed by atoms with Gasteiger partial charge < -0.3 is 5.73 Å². The van der Waals surface area contributed by atoms with Gasteiger partial charge in [-0.15, -0.1) is 11.3 Å². The lowest BCUT2D eigenvalue weighted by Crippen LogP contribution is -1.93. The van der Waals surface area contributed by atoms with Gasteiger partial charge in [0.25, 0.3) is 0 Å². The van der Waals surface area contributed by atoms with Crippen LogP contribution in [0, 0.1) is 0 Å². The van der Waals surface area contributed by atoms with Crippen molar-refractivity contribution in [1.29, 1.82) is 0 Å². The number of hydrogen-bond acceptors (Lipinski definition) is 4. The Balaban J connectivity index is 2.40. The van der Waals surface area contributed by atoms with E-state index >= 15 is 0 Å². The smallest absolute Gasteiger partial charge is 0.159 e. The first kappa shape index (κ1) is 11.0. The highest BCUT2D eigenvalue weighted by atomic mass is 32.1. The summed E-state index contributed by atoms with van der Waals surface area (Å²) in [6, 6.07) is 7.56. The molecule has 4 heteroatoms.